The SMILES string of the molecule is CCCn1cncc1CNC(CC)c1ncc[nH]1. The Hall–Kier alpha value is -1.62. The standard InChI is InChI=1S/C13H21N5/c1-3-7-18-10-14-8-11(18)9-17-12(4-2)13-15-5-6-16-13/h5-6,8,10,12,17H,3-4,7,9H2,1-2H3,(H,15,16). The Kier molecular flexibility index (Phi) is 4.52. The maximum atomic E-state index is 4.31. The summed E-state index contributed by atoms with van der Waals surface area (Å²) < 4.78 is 2.20. The largest absolute Gasteiger partial charge is 0.347 e. The van der Waals surface area contributed by atoms with Gasteiger partial charge in [0.25, 0.3) is 0 Å². The first-order valence-electron chi connectivity index (χ1n) is 6.56. The molecule has 0 aliphatic carbocycles. The Bertz CT molecular complexity index is 446. The van der Waals surface area contributed by atoms with Crippen LogP contribution < -0.4 is 5.32 Å². The van der Waals surface area contributed by atoms with E-state index in [1.807, 2.05) is 18.7 Å². The lowest BCUT2D eigenvalue weighted by Gasteiger charge is -2.15. The minimum absolute atomic E-state index is 0.268. The fourth-order valence-electron chi connectivity index (χ4n) is 2.07. The van der Waals surface area contributed by atoms with Crippen LogP contribution in [0.5, 0.6) is 0 Å². The molecule has 5 nitrogen and oxygen atoms in total. The molecule has 2 aromatic rings. The summed E-state index contributed by atoms with van der Waals surface area (Å²) >= 11 is 0. The molecule has 0 amide bonds. The number of hydrogen-bond acceptors (Lipinski definition) is 3. The molecule has 0 aliphatic rings. The molecule has 0 saturated heterocycles. The van der Waals surface area contributed by atoms with E-state index in [0.717, 1.165) is 31.8 Å². The molecule has 1 unspecified atom stereocenters. The van der Waals surface area contributed by atoms with Gasteiger partial charge in [-0.25, -0.2) is 9.97 Å². The number of H-pyrrole nitrogens is 1. The smallest absolute Gasteiger partial charge is 0.123 e. The molecule has 1 atom stereocenters. The predicted octanol–water partition coefficient (Wildman–Crippen LogP) is 2.26. The van der Waals surface area contributed by atoms with E-state index in [-0.39, 0.29) is 6.04 Å². The Morgan fingerprint density at radius 2 is 2.33 bits per heavy atom. The van der Waals surface area contributed by atoms with Crippen molar-refractivity contribution in [1.29, 1.82) is 0 Å². The number of aryl methyl sites for hydroxylation is 1. The predicted molar refractivity (Wildman–Crippen MR) is 71.0 cm³/mol. The van der Waals surface area contributed by atoms with Gasteiger partial charge in [0.1, 0.15) is 5.82 Å². The molecular weight excluding hydrogens is 226 g/mol. The summed E-state index contributed by atoms with van der Waals surface area (Å²) in [6.45, 7) is 6.17. The van der Waals surface area contributed by atoms with Gasteiger partial charge in [0.2, 0.25) is 0 Å². The van der Waals surface area contributed by atoms with Gasteiger partial charge in [-0.1, -0.05) is 13.8 Å². The van der Waals surface area contributed by atoms with Crippen LogP contribution >= 0.6 is 0 Å². The number of hydrogen-bond donors (Lipinski definition) is 2. The Morgan fingerprint density at radius 1 is 1.44 bits per heavy atom. The van der Waals surface area contributed by atoms with Crippen LogP contribution in [0.1, 0.15) is 44.2 Å². The molecule has 0 aromatic carbocycles. The van der Waals surface area contributed by atoms with E-state index in [2.05, 4.69) is 38.7 Å². The number of nitrogens with one attached hydrogen (secondary N) is 2. The van der Waals surface area contributed by atoms with Crippen LogP contribution in [0.4, 0.5) is 0 Å². The third-order valence-corrected chi connectivity index (χ3v) is 3.05. The number of imidazole rings is 2. The quantitative estimate of drug-likeness (QED) is 0.789. The molecule has 98 valence electrons. The summed E-state index contributed by atoms with van der Waals surface area (Å²) in [5, 5.41) is 3.52. The van der Waals surface area contributed by atoms with Gasteiger partial charge in [0, 0.05) is 31.7 Å². The summed E-state index contributed by atoms with van der Waals surface area (Å²) in [7, 11) is 0. The molecule has 2 heterocycles. The van der Waals surface area contributed by atoms with E-state index < -0.39 is 0 Å². The van der Waals surface area contributed by atoms with Gasteiger partial charge in [-0.2, -0.15) is 0 Å². The molecule has 0 radical (unpaired) electrons. The lowest BCUT2D eigenvalue weighted by atomic mass is 10.2. The van der Waals surface area contributed by atoms with Gasteiger partial charge < -0.3 is 14.9 Å². The highest BCUT2D eigenvalue weighted by Crippen LogP contribution is 2.12. The molecule has 5 heteroatoms. The lowest BCUT2D eigenvalue weighted by Crippen LogP contribution is -2.22. The summed E-state index contributed by atoms with van der Waals surface area (Å²) in [6, 6.07) is 0.268. The van der Waals surface area contributed by atoms with E-state index >= 15 is 0 Å². The summed E-state index contributed by atoms with van der Waals surface area (Å²) in [6.07, 6.45) is 9.61. The number of nitrogens with zero attached hydrogens (tertiary/aromatic N) is 3. The zero-order chi connectivity index (χ0) is 12.8. The van der Waals surface area contributed by atoms with Crippen molar-refractivity contribution in [2.45, 2.75) is 45.8 Å². The molecule has 0 aliphatic heterocycles. The third-order valence-electron chi connectivity index (χ3n) is 3.05. The van der Waals surface area contributed by atoms with Crippen molar-refractivity contribution in [3.63, 3.8) is 0 Å². The second-order valence-corrected chi connectivity index (χ2v) is 4.39. The lowest BCUT2D eigenvalue weighted by molar-refractivity contribution is 0.482. The van der Waals surface area contributed by atoms with Crippen LogP contribution in [-0.2, 0) is 13.1 Å². The first-order valence-corrected chi connectivity index (χ1v) is 6.56. The minimum Gasteiger partial charge on any atom is -0.347 e. The fourth-order valence-corrected chi connectivity index (χ4v) is 2.07. The number of aromatic nitrogens is 4. The topological polar surface area (TPSA) is 58.5 Å². The first kappa shape index (κ1) is 12.8. The van der Waals surface area contributed by atoms with Crippen molar-refractivity contribution in [2.75, 3.05) is 0 Å². The third kappa shape index (κ3) is 2.98. The highest BCUT2D eigenvalue weighted by Gasteiger charge is 2.11. The van der Waals surface area contributed by atoms with Crippen LogP contribution in [0.2, 0.25) is 0 Å². The van der Waals surface area contributed by atoms with Gasteiger partial charge in [-0.15, -0.1) is 0 Å². The molecule has 0 bridgehead atoms. The monoisotopic (exact) mass is 247 g/mol. The van der Waals surface area contributed by atoms with Crippen molar-refractivity contribution in [3.8, 4) is 0 Å². The summed E-state index contributed by atoms with van der Waals surface area (Å²) in [5.74, 6) is 0.999. The molecular formula is C13H21N5. The number of aromatic amines is 1. The second-order valence-electron chi connectivity index (χ2n) is 4.39. The maximum absolute atomic E-state index is 4.31. The van der Waals surface area contributed by atoms with Crippen LogP contribution in [0.3, 0.4) is 0 Å². The summed E-state index contributed by atoms with van der Waals surface area (Å²) in [4.78, 5) is 11.7. The Balaban J connectivity index is 1.95. The Morgan fingerprint density at radius 3 is 3.00 bits per heavy atom. The molecule has 18 heavy (non-hydrogen) atoms. The van der Waals surface area contributed by atoms with E-state index in [9.17, 15) is 0 Å². The average Bonchev–Trinajstić information content (AvgIpc) is 3.03. The van der Waals surface area contributed by atoms with E-state index in [1.54, 1.807) is 6.20 Å². The molecule has 0 spiro atoms. The number of rotatable bonds is 7. The van der Waals surface area contributed by atoms with Gasteiger partial charge in [-0.05, 0) is 12.8 Å². The van der Waals surface area contributed by atoms with Crippen molar-refractivity contribution in [2.24, 2.45) is 0 Å². The second kappa shape index (κ2) is 6.35. The normalized spacial score (nSPS) is 12.8. The fraction of sp³-hybridized carbons (Fsp3) is 0.538. The van der Waals surface area contributed by atoms with Gasteiger partial charge in [0.15, 0.2) is 0 Å². The van der Waals surface area contributed by atoms with Crippen molar-refractivity contribution in [3.05, 3.63) is 36.4 Å². The minimum atomic E-state index is 0.268. The van der Waals surface area contributed by atoms with Gasteiger partial charge in [0.05, 0.1) is 18.1 Å². The molecule has 2 rings (SSSR count). The van der Waals surface area contributed by atoms with Crippen molar-refractivity contribution >= 4 is 0 Å². The maximum Gasteiger partial charge on any atom is 0.123 e. The van der Waals surface area contributed by atoms with E-state index in [4.69, 9.17) is 0 Å². The average molecular weight is 247 g/mol. The van der Waals surface area contributed by atoms with Crippen LogP contribution in [-0.4, -0.2) is 19.5 Å². The molecule has 2 aromatic heterocycles. The highest BCUT2D eigenvalue weighted by atomic mass is 15.1. The zero-order valence-electron chi connectivity index (χ0n) is 11.1. The van der Waals surface area contributed by atoms with Crippen LogP contribution in [0.15, 0.2) is 24.9 Å². The van der Waals surface area contributed by atoms with Crippen molar-refractivity contribution < 1.29 is 0 Å². The molecule has 2 N–H and O–H groups in total. The van der Waals surface area contributed by atoms with E-state index in [0.29, 0.717) is 0 Å². The molecule has 0 saturated carbocycles. The van der Waals surface area contributed by atoms with E-state index in [1.165, 1.54) is 5.69 Å². The highest BCUT2D eigenvalue weighted by molar-refractivity contribution is 5.01. The molecule has 0 fully saturated rings. The summed E-state index contributed by atoms with van der Waals surface area (Å²) in [5.41, 5.74) is 1.22. The first-order chi connectivity index (χ1) is 8.85. The van der Waals surface area contributed by atoms with Crippen molar-refractivity contribution in [1.82, 2.24) is 24.8 Å². The van der Waals surface area contributed by atoms with Crippen LogP contribution in [0.25, 0.3) is 0 Å². The van der Waals surface area contributed by atoms with Crippen LogP contribution in [0, 0.1) is 0 Å². The van der Waals surface area contributed by atoms with Gasteiger partial charge >= 0.3 is 0 Å². The van der Waals surface area contributed by atoms with Gasteiger partial charge in [-0.3, -0.25) is 0 Å². The zero-order valence-corrected chi connectivity index (χ0v) is 11.1. The Labute approximate surface area is 108 Å².